The molecule has 17 heavy (non-hydrogen) atoms. The van der Waals surface area contributed by atoms with E-state index in [0.717, 1.165) is 19.6 Å². The molecule has 0 radical (unpaired) electrons. The summed E-state index contributed by atoms with van der Waals surface area (Å²) in [5, 5.41) is 0. The van der Waals surface area contributed by atoms with Crippen LogP contribution in [0.3, 0.4) is 0 Å². The summed E-state index contributed by atoms with van der Waals surface area (Å²) in [5.41, 5.74) is 5.86. The van der Waals surface area contributed by atoms with Crippen LogP contribution in [0.25, 0.3) is 0 Å². The standard InChI is InChI=1S/C12H17FN2OS/c13-10-7-11(14)9-12(8-10)17(16)6-5-15-3-1-2-4-15/h7-9H,1-6,14H2. The minimum atomic E-state index is -1.16. The van der Waals surface area contributed by atoms with Gasteiger partial charge in [0.2, 0.25) is 0 Å². The number of halogens is 1. The number of nitrogens with zero attached hydrogens (tertiary/aromatic N) is 1. The quantitative estimate of drug-likeness (QED) is 0.833. The van der Waals surface area contributed by atoms with E-state index in [2.05, 4.69) is 4.90 Å². The summed E-state index contributed by atoms with van der Waals surface area (Å²) < 4.78 is 25.1. The fraction of sp³-hybridized carbons (Fsp3) is 0.500. The van der Waals surface area contributed by atoms with Gasteiger partial charge >= 0.3 is 0 Å². The SMILES string of the molecule is Nc1cc(F)cc(S(=O)CCN2CCCC2)c1. The van der Waals surface area contributed by atoms with Crippen LogP contribution in [-0.4, -0.2) is 34.5 Å². The highest BCUT2D eigenvalue weighted by Crippen LogP contribution is 2.15. The molecule has 0 saturated carbocycles. The van der Waals surface area contributed by atoms with Crippen LogP contribution >= 0.6 is 0 Å². The van der Waals surface area contributed by atoms with Crippen LogP contribution in [0.15, 0.2) is 23.1 Å². The molecule has 1 aliphatic rings. The second-order valence-corrected chi connectivity index (χ2v) is 5.89. The van der Waals surface area contributed by atoms with E-state index >= 15 is 0 Å². The maximum Gasteiger partial charge on any atom is 0.126 e. The average molecular weight is 256 g/mol. The third kappa shape index (κ3) is 3.51. The largest absolute Gasteiger partial charge is 0.399 e. The van der Waals surface area contributed by atoms with E-state index < -0.39 is 16.6 Å². The van der Waals surface area contributed by atoms with E-state index in [-0.39, 0.29) is 0 Å². The van der Waals surface area contributed by atoms with Crippen LogP contribution in [-0.2, 0) is 10.8 Å². The Morgan fingerprint density at radius 2 is 2.00 bits per heavy atom. The topological polar surface area (TPSA) is 46.3 Å². The maximum atomic E-state index is 13.1. The van der Waals surface area contributed by atoms with Crippen LogP contribution in [0.1, 0.15) is 12.8 Å². The zero-order valence-electron chi connectivity index (χ0n) is 9.69. The number of likely N-dealkylation sites (tertiary alicyclic amines) is 1. The van der Waals surface area contributed by atoms with E-state index in [1.165, 1.54) is 25.0 Å². The Morgan fingerprint density at radius 1 is 1.29 bits per heavy atom. The number of benzene rings is 1. The van der Waals surface area contributed by atoms with Gasteiger partial charge in [-0.3, -0.25) is 4.21 Å². The summed E-state index contributed by atoms with van der Waals surface area (Å²) in [7, 11) is -1.16. The molecule has 0 aromatic heterocycles. The smallest absolute Gasteiger partial charge is 0.126 e. The lowest BCUT2D eigenvalue weighted by atomic mass is 10.3. The van der Waals surface area contributed by atoms with Crippen LogP contribution in [0, 0.1) is 5.82 Å². The summed E-state index contributed by atoms with van der Waals surface area (Å²) in [6.45, 7) is 2.98. The summed E-state index contributed by atoms with van der Waals surface area (Å²) in [6, 6.07) is 4.13. The van der Waals surface area contributed by atoms with Crippen molar-refractivity contribution in [3.8, 4) is 0 Å². The van der Waals surface area contributed by atoms with Crippen molar-refractivity contribution in [1.82, 2.24) is 4.90 Å². The molecule has 94 valence electrons. The number of hydrogen-bond donors (Lipinski definition) is 1. The summed E-state index contributed by atoms with van der Waals surface area (Å²) in [6.07, 6.45) is 2.44. The molecule has 1 unspecified atom stereocenters. The molecule has 1 aromatic rings. The molecule has 1 atom stereocenters. The first kappa shape index (κ1) is 12.5. The summed E-state index contributed by atoms with van der Waals surface area (Å²) in [5.74, 6) is 0.123. The van der Waals surface area contributed by atoms with E-state index in [1.54, 1.807) is 6.07 Å². The first-order valence-electron chi connectivity index (χ1n) is 5.82. The Labute approximate surface area is 103 Å². The lowest BCUT2D eigenvalue weighted by molar-refractivity contribution is 0.361. The van der Waals surface area contributed by atoms with Crippen molar-refractivity contribution >= 4 is 16.5 Å². The van der Waals surface area contributed by atoms with E-state index in [9.17, 15) is 8.60 Å². The highest BCUT2D eigenvalue weighted by Gasteiger charge is 2.13. The van der Waals surface area contributed by atoms with Gasteiger partial charge in [0.15, 0.2) is 0 Å². The lowest BCUT2D eigenvalue weighted by Gasteiger charge is -2.13. The molecule has 1 aliphatic heterocycles. The van der Waals surface area contributed by atoms with Gasteiger partial charge in [0.05, 0.1) is 10.8 Å². The predicted molar refractivity (Wildman–Crippen MR) is 67.8 cm³/mol. The van der Waals surface area contributed by atoms with Gasteiger partial charge in [0, 0.05) is 22.9 Å². The van der Waals surface area contributed by atoms with Crippen molar-refractivity contribution in [1.29, 1.82) is 0 Å². The minimum Gasteiger partial charge on any atom is -0.399 e. The van der Waals surface area contributed by atoms with E-state index in [1.807, 2.05) is 0 Å². The third-order valence-electron chi connectivity index (χ3n) is 2.95. The van der Waals surface area contributed by atoms with Gasteiger partial charge in [-0.05, 0) is 44.1 Å². The molecule has 1 fully saturated rings. The molecule has 1 aromatic carbocycles. The van der Waals surface area contributed by atoms with E-state index in [4.69, 9.17) is 5.73 Å². The van der Waals surface area contributed by atoms with Gasteiger partial charge in [-0.25, -0.2) is 4.39 Å². The van der Waals surface area contributed by atoms with Crippen molar-refractivity contribution in [3.63, 3.8) is 0 Å². The first-order chi connectivity index (χ1) is 8.15. The fourth-order valence-corrected chi connectivity index (χ4v) is 3.22. The number of hydrogen-bond acceptors (Lipinski definition) is 3. The van der Waals surface area contributed by atoms with Crippen molar-refractivity contribution in [2.24, 2.45) is 0 Å². The van der Waals surface area contributed by atoms with Crippen LogP contribution in [0.2, 0.25) is 0 Å². The monoisotopic (exact) mass is 256 g/mol. The summed E-state index contributed by atoms with van der Waals surface area (Å²) in [4.78, 5) is 2.78. The molecular formula is C12H17FN2OS. The lowest BCUT2D eigenvalue weighted by Crippen LogP contribution is -2.24. The molecule has 0 amide bonds. The molecule has 2 N–H and O–H groups in total. The Hall–Kier alpha value is -0.940. The van der Waals surface area contributed by atoms with Crippen molar-refractivity contribution < 1.29 is 8.60 Å². The second-order valence-electron chi connectivity index (χ2n) is 4.32. The van der Waals surface area contributed by atoms with E-state index in [0.29, 0.717) is 16.3 Å². The van der Waals surface area contributed by atoms with Gasteiger partial charge in [0.1, 0.15) is 5.82 Å². The van der Waals surface area contributed by atoms with Crippen molar-refractivity contribution in [3.05, 3.63) is 24.0 Å². The average Bonchev–Trinajstić information content (AvgIpc) is 2.77. The molecule has 0 aliphatic carbocycles. The third-order valence-corrected chi connectivity index (χ3v) is 4.26. The molecule has 0 spiro atoms. The fourth-order valence-electron chi connectivity index (χ4n) is 2.05. The number of anilines is 1. The molecule has 2 rings (SSSR count). The minimum absolute atomic E-state index is 0.328. The molecule has 3 nitrogen and oxygen atoms in total. The van der Waals surface area contributed by atoms with Crippen molar-refractivity contribution in [2.45, 2.75) is 17.7 Å². The highest BCUT2D eigenvalue weighted by atomic mass is 32.2. The number of rotatable bonds is 4. The first-order valence-corrected chi connectivity index (χ1v) is 7.14. The Morgan fingerprint density at radius 3 is 2.65 bits per heavy atom. The second kappa shape index (κ2) is 5.60. The molecule has 1 saturated heterocycles. The van der Waals surface area contributed by atoms with Crippen LogP contribution in [0.4, 0.5) is 10.1 Å². The highest BCUT2D eigenvalue weighted by molar-refractivity contribution is 7.85. The van der Waals surface area contributed by atoms with Crippen molar-refractivity contribution in [2.75, 3.05) is 31.1 Å². The van der Waals surface area contributed by atoms with Crippen LogP contribution in [0.5, 0.6) is 0 Å². The van der Waals surface area contributed by atoms with Gasteiger partial charge < -0.3 is 10.6 Å². The molecular weight excluding hydrogens is 239 g/mol. The Balaban J connectivity index is 1.94. The van der Waals surface area contributed by atoms with Gasteiger partial charge in [0.25, 0.3) is 0 Å². The molecule has 0 bridgehead atoms. The van der Waals surface area contributed by atoms with Gasteiger partial charge in [-0.15, -0.1) is 0 Å². The summed E-state index contributed by atoms with van der Waals surface area (Å²) >= 11 is 0. The molecule has 5 heteroatoms. The Kier molecular flexibility index (Phi) is 4.12. The van der Waals surface area contributed by atoms with Gasteiger partial charge in [-0.1, -0.05) is 0 Å². The normalized spacial score (nSPS) is 18.4. The predicted octanol–water partition coefficient (Wildman–Crippen LogP) is 1.61. The van der Waals surface area contributed by atoms with Gasteiger partial charge in [-0.2, -0.15) is 0 Å². The zero-order chi connectivity index (χ0) is 12.3. The molecule has 1 heterocycles. The Bertz CT molecular complexity index is 399. The zero-order valence-corrected chi connectivity index (χ0v) is 10.5. The van der Waals surface area contributed by atoms with Crippen LogP contribution < -0.4 is 5.73 Å². The number of nitrogens with two attached hydrogens (primary N) is 1. The number of nitrogen functional groups attached to an aromatic ring is 1. The maximum absolute atomic E-state index is 13.1.